The molecule has 120 valence electrons. The smallest absolute Gasteiger partial charge is 0.265 e. The molecule has 0 spiro atoms. The van der Waals surface area contributed by atoms with Crippen LogP contribution in [-0.4, -0.2) is 17.9 Å². The number of carbonyl (C=O) groups excluding carboxylic acids is 2. The first kappa shape index (κ1) is 16.8. The molecular weight excluding hydrogens is 316 g/mol. The molecule has 2 amide bonds. The molecule has 0 aliphatic carbocycles. The van der Waals surface area contributed by atoms with Crippen LogP contribution in [0.2, 0.25) is 5.02 Å². The van der Waals surface area contributed by atoms with Gasteiger partial charge in [0.15, 0.2) is 6.10 Å². The monoisotopic (exact) mass is 332 g/mol. The zero-order valence-electron chi connectivity index (χ0n) is 12.8. The summed E-state index contributed by atoms with van der Waals surface area (Å²) in [5, 5.41) is 5.94. The van der Waals surface area contributed by atoms with Gasteiger partial charge in [-0.25, -0.2) is 0 Å². The van der Waals surface area contributed by atoms with Crippen LogP contribution in [0, 0.1) is 0 Å². The number of para-hydroxylation sites is 2. The Morgan fingerprint density at radius 1 is 1.04 bits per heavy atom. The molecule has 2 N–H and O–H groups in total. The van der Waals surface area contributed by atoms with Crippen molar-refractivity contribution in [3.05, 3.63) is 53.6 Å². The van der Waals surface area contributed by atoms with Gasteiger partial charge in [-0.05, 0) is 37.3 Å². The number of ether oxygens (including phenoxy) is 1. The number of halogens is 1. The Morgan fingerprint density at radius 2 is 1.70 bits per heavy atom. The van der Waals surface area contributed by atoms with Gasteiger partial charge in [0.1, 0.15) is 5.75 Å². The summed E-state index contributed by atoms with van der Waals surface area (Å²) in [4.78, 5) is 23.5. The molecule has 23 heavy (non-hydrogen) atoms. The number of nitrogens with one attached hydrogen (secondary N) is 2. The SMILES string of the molecule is CC(=O)Nc1ccccc1NC(=O)C(C)Oc1cccc(Cl)c1. The fourth-order valence-corrected chi connectivity index (χ4v) is 2.10. The zero-order valence-corrected chi connectivity index (χ0v) is 13.6. The Kier molecular flexibility index (Phi) is 5.60. The fraction of sp³-hybridized carbons (Fsp3) is 0.176. The largest absolute Gasteiger partial charge is 0.481 e. The summed E-state index contributed by atoms with van der Waals surface area (Å²) < 4.78 is 5.57. The number of carbonyl (C=O) groups is 2. The lowest BCUT2D eigenvalue weighted by Gasteiger charge is -2.16. The molecule has 6 heteroatoms. The number of amides is 2. The second-order valence-corrected chi connectivity index (χ2v) is 5.37. The van der Waals surface area contributed by atoms with Crippen LogP contribution in [0.5, 0.6) is 5.75 Å². The predicted octanol–water partition coefficient (Wildman–Crippen LogP) is 3.70. The van der Waals surface area contributed by atoms with E-state index in [2.05, 4.69) is 10.6 Å². The van der Waals surface area contributed by atoms with E-state index in [1.54, 1.807) is 55.5 Å². The Bertz CT molecular complexity index is 718. The molecule has 0 saturated carbocycles. The maximum atomic E-state index is 12.3. The number of benzene rings is 2. The van der Waals surface area contributed by atoms with Gasteiger partial charge in [-0.1, -0.05) is 29.8 Å². The van der Waals surface area contributed by atoms with Crippen LogP contribution < -0.4 is 15.4 Å². The van der Waals surface area contributed by atoms with Gasteiger partial charge in [-0.3, -0.25) is 9.59 Å². The van der Waals surface area contributed by atoms with Crippen molar-refractivity contribution < 1.29 is 14.3 Å². The van der Waals surface area contributed by atoms with Crippen LogP contribution in [-0.2, 0) is 9.59 Å². The summed E-state index contributed by atoms with van der Waals surface area (Å²) in [6, 6.07) is 13.8. The van der Waals surface area contributed by atoms with Gasteiger partial charge in [-0.2, -0.15) is 0 Å². The second-order valence-electron chi connectivity index (χ2n) is 4.93. The average molecular weight is 333 g/mol. The highest BCUT2D eigenvalue weighted by Gasteiger charge is 2.16. The normalized spacial score (nSPS) is 11.4. The Balaban J connectivity index is 2.05. The van der Waals surface area contributed by atoms with E-state index in [1.807, 2.05) is 0 Å². The summed E-state index contributed by atoms with van der Waals surface area (Å²) in [5.41, 5.74) is 1.04. The van der Waals surface area contributed by atoms with Gasteiger partial charge in [0.2, 0.25) is 5.91 Å². The Labute approximate surface area is 139 Å². The van der Waals surface area contributed by atoms with Crippen LogP contribution in [0.1, 0.15) is 13.8 Å². The molecule has 0 aromatic heterocycles. The van der Waals surface area contributed by atoms with Crippen LogP contribution in [0.15, 0.2) is 48.5 Å². The third-order valence-electron chi connectivity index (χ3n) is 2.97. The van der Waals surface area contributed by atoms with Crippen molar-refractivity contribution in [2.24, 2.45) is 0 Å². The van der Waals surface area contributed by atoms with Gasteiger partial charge in [0.25, 0.3) is 5.91 Å². The number of rotatable bonds is 5. The molecule has 2 aromatic rings. The highest BCUT2D eigenvalue weighted by atomic mass is 35.5. The first-order valence-corrected chi connectivity index (χ1v) is 7.43. The van der Waals surface area contributed by atoms with Crippen molar-refractivity contribution in [1.29, 1.82) is 0 Å². The summed E-state index contributed by atoms with van der Waals surface area (Å²) >= 11 is 5.89. The predicted molar refractivity (Wildman–Crippen MR) is 90.9 cm³/mol. The first-order chi connectivity index (χ1) is 11.0. The molecule has 0 saturated heterocycles. The van der Waals surface area contributed by atoms with Crippen molar-refractivity contribution >= 4 is 34.8 Å². The summed E-state index contributed by atoms with van der Waals surface area (Å²) in [6.07, 6.45) is -0.723. The maximum absolute atomic E-state index is 12.3. The van der Waals surface area contributed by atoms with Crippen molar-refractivity contribution in [3.63, 3.8) is 0 Å². The molecule has 0 heterocycles. The maximum Gasteiger partial charge on any atom is 0.265 e. The summed E-state index contributed by atoms with van der Waals surface area (Å²) in [6.45, 7) is 3.04. The van der Waals surface area contributed by atoms with Crippen LogP contribution >= 0.6 is 11.6 Å². The first-order valence-electron chi connectivity index (χ1n) is 7.05. The molecule has 0 aliphatic heterocycles. The molecule has 5 nitrogen and oxygen atoms in total. The van der Waals surface area contributed by atoms with E-state index in [-0.39, 0.29) is 11.8 Å². The molecule has 0 fully saturated rings. The van der Waals surface area contributed by atoms with Crippen molar-refractivity contribution in [2.45, 2.75) is 20.0 Å². The number of hydrogen-bond acceptors (Lipinski definition) is 3. The van der Waals surface area contributed by atoms with Gasteiger partial charge in [-0.15, -0.1) is 0 Å². The molecular formula is C17H17ClN2O3. The van der Waals surface area contributed by atoms with E-state index >= 15 is 0 Å². The highest BCUT2D eigenvalue weighted by Crippen LogP contribution is 2.22. The lowest BCUT2D eigenvalue weighted by atomic mass is 10.2. The lowest BCUT2D eigenvalue weighted by molar-refractivity contribution is -0.122. The van der Waals surface area contributed by atoms with E-state index in [9.17, 15) is 9.59 Å². The molecule has 1 atom stereocenters. The topological polar surface area (TPSA) is 67.4 Å². The summed E-state index contributed by atoms with van der Waals surface area (Å²) in [7, 11) is 0. The quantitative estimate of drug-likeness (QED) is 0.877. The molecule has 2 rings (SSSR count). The fourth-order valence-electron chi connectivity index (χ4n) is 1.92. The van der Waals surface area contributed by atoms with Crippen molar-refractivity contribution in [3.8, 4) is 5.75 Å². The zero-order chi connectivity index (χ0) is 16.8. The van der Waals surface area contributed by atoms with Gasteiger partial charge >= 0.3 is 0 Å². The minimum Gasteiger partial charge on any atom is -0.481 e. The third kappa shape index (κ3) is 5.00. The minimum absolute atomic E-state index is 0.213. The van der Waals surface area contributed by atoms with Gasteiger partial charge in [0.05, 0.1) is 11.4 Å². The average Bonchev–Trinajstić information content (AvgIpc) is 2.48. The van der Waals surface area contributed by atoms with E-state index in [0.29, 0.717) is 22.1 Å². The lowest BCUT2D eigenvalue weighted by Crippen LogP contribution is -2.30. The third-order valence-corrected chi connectivity index (χ3v) is 3.21. The highest BCUT2D eigenvalue weighted by molar-refractivity contribution is 6.30. The Hall–Kier alpha value is -2.53. The van der Waals surface area contributed by atoms with Crippen molar-refractivity contribution in [1.82, 2.24) is 0 Å². The molecule has 1 unspecified atom stereocenters. The van der Waals surface area contributed by atoms with E-state index in [4.69, 9.17) is 16.3 Å². The Morgan fingerprint density at radius 3 is 2.30 bits per heavy atom. The summed E-state index contributed by atoms with van der Waals surface area (Å²) in [5.74, 6) is -0.0343. The standard InChI is InChI=1S/C17H17ClN2O3/c1-11(23-14-7-5-6-13(18)10-14)17(22)20-16-9-4-3-8-15(16)19-12(2)21/h3-11H,1-2H3,(H,19,21)(H,20,22). The molecule has 0 aliphatic rings. The number of hydrogen-bond donors (Lipinski definition) is 2. The van der Waals surface area contributed by atoms with Crippen LogP contribution in [0.3, 0.4) is 0 Å². The molecule has 2 aromatic carbocycles. The number of anilines is 2. The van der Waals surface area contributed by atoms with Crippen LogP contribution in [0.25, 0.3) is 0 Å². The van der Waals surface area contributed by atoms with Crippen LogP contribution in [0.4, 0.5) is 11.4 Å². The molecule has 0 bridgehead atoms. The van der Waals surface area contributed by atoms with E-state index in [1.165, 1.54) is 6.92 Å². The molecule has 0 radical (unpaired) electrons. The van der Waals surface area contributed by atoms with Gasteiger partial charge < -0.3 is 15.4 Å². The second kappa shape index (κ2) is 7.65. The minimum atomic E-state index is -0.723. The van der Waals surface area contributed by atoms with E-state index in [0.717, 1.165) is 0 Å². The van der Waals surface area contributed by atoms with E-state index < -0.39 is 6.10 Å². The van der Waals surface area contributed by atoms with Gasteiger partial charge in [0, 0.05) is 11.9 Å². The van der Waals surface area contributed by atoms with Crippen molar-refractivity contribution in [2.75, 3.05) is 10.6 Å².